The van der Waals surface area contributed by atoms with Crippen molar-refractivity contribution in [3.63, 3.8) is 0 Å². The van der Waals surface area contributed by atoms with Gasteiger partial charge in [-0.3, -0.25) is 4.79 Å². The maximum atomic E-state index is 13.0. The summed E-state index contributed by atoms with van der Waals surface area (Å²) in [6.07, 6.45) is -9.05. The molecule has 0 aromatic heterocycles. The van der Waals surface area contributed by atoms with Crippen LogP contribution in [0.25, 0.3) is 0 Å². The molecule has 1 atom stereocenters. The highest BCUT2D eigenvalue weighted by atomic mass is 35.5. The number of piperidine rings is 1. The van der Waals surface area contributed by atoms with E-state index in [1.165, 1.54) is 4.90 Å². The van der Waals surface area contributed by atoms with Crippen LogP contribution in [0.4, 0.5) is 26.3 Å². The Labute approximate surface area is 184 Å². The van der Waals surface area contributed by atoms with Gasteiger partial charge in [0.25, 0.3) is 0 Å². The highest BCUT2D eigenvalue weighted by molar-refractivity contribution is 6.42. The quantitative estimate of drug-likeness (QED) is 0.431. The van der Waals surface area contributed by atoms with Crippen molar-refractivity contribution in [1.82, 2.24) is 4.90 Å². The fourth-order valence-corrected chi connectivity index (χ4v) is 3.96. The van der Waals surface area contributed by atoms with Gasteiger partial charge in [0.05, 0.1) is 27.6 Å². The first kappa shape index (κ1) is 23.7. The molecule has 3 rings (SSSR count). The minimum Gasteiger partial charge on any atom is -0.342 e. The van der Waals surface area contributed by atoms with Gasteiger partial charge >= 0.3 is 12.4 Å². The summed E-state index contributed by atoms with van der Waals surface area (Å²) in [4.78, 5) is 14.2. The van der Waals surface area contributed by atoms with Gasteiger partial charge in [0, 0.05) is 19.0 Å². The molecule has 31 heavy (non-hydrogen) atoms. The van der Waals surface area contributed by atoms with Crippen LogP contribution in [0.1, 0.15) is 41.0 Å². The molecule has 0 N–H and O–H groups in total. The number of amides is 1. The van der Waals surface area contributed by atoms with Crippen LogP contribution >= 0.6 is 23.2 Å². The second-order valence-corrected chi connectivity index (χ2v) is 8.26. The summed E-state index contributed by atoms with van der Waals surface area (Å²) in [5.41, 5.74) is -2.33. The lowest BCUT2D eigenvalue weighted by Gasteiger charge is -2.33. The van der Waals surface area contributed by atoms with Crippen molar-refractivity contribution in [2.75, 3.05) is 13.1 Å². The summed E-state index contributed by atoms with van der Waals surface area (Å²) < 4.78 is 78.3. The van der Waals surface area contributed by atoms with Gasteiger partial charge in [-0.2, -0.15) is 26.3 Å². The molecule has 0 radical (unpaired) electrons. The molecule has 1 aliphatic heterocycles. The zero-order valence-electron chi connectivity index (χ0n) is 16.0. The first-order valence-corrected chi connectivity index (χ1v) is 10.1. The van der Waals surface area contributed by atoms with E-state index < -0.39 is 35.8 Å². The number of benzene rings is 2. The molecule has 0 spiro atoms. The zero-order valence-corrected chi connectivity index (χ0v) is 17.5. The number of nitrogens with zero attached hydrogens (tertiary/aromatic N) is 1. The predicted octanol–water partition coefficient (Wildman–Crippen LogP) is 6.98. The Hall–Kier alpha value is -1.93. The lowest BCUT2D eigenvalue weighted by Crippen LogP contribution is -2.40. The van der Waals surface area contributed by atoms with Crippen LogP contribution in [0.3, 0.4) is 0 Å². The van der Waals surface area contributed by atoms with E-state index in [-0.39, 0.29) is 17.5 Å². The zero-order chi connectivity index (χ0) is 23.0. The number of halogens is 8. The Morgan fingerprint density at radius 2 is 1.55 bits per heavy atom. The standard InChI is InChI=1S/C21H17Cl2F6NO/c22-17-4-3-13(9-18(17)23)14-2-1-5-30(11-14)19(31)8-12-6-15(20(24,25)26)10-16(7-12)21(27,28)29/h3-4,6-7,9-10,14H,1-2,5,8,11H2. The third-order valence-electron chi connectivity index (χ3n) is 5.19. The highest BCUT2D eigenvalue weighted by Crippen LogP contribution is 2.37. The number of carbonyl (C=O) groups is 1. The smallest absolute Gasteiger partial charge is 0.342 e. The van der Waals surface area contributed by atoms with Crippen molar-refractivity contribution >= 4 is 29.1 Å². The molecule has 1 unspecified atom stereocenters. The monoisotopic (exact) mass is 483 g/mol. The van der Waals surface area contributed by atoms with Crippen molar-refractivity contribution in [3.05, 3.63) is 68.7 Å². The van der Waals surface area contributed by atoms with Crippen molar-refractivity contribution in [2.24, 2.45) is 0 Å². The van der Waals surface area contributed by atoms with E-state index in [1.54, 1.807) is 18.2 Å². The van der Waals surface area contributed by atoms with Gasteiger partial charge in [-0.15, -0.1) is 0 Å². The summed E-state index contributed by atoms with van der Waals surface area (Å²) in [6, 6.07) is 6.36. The van der Waals surface area contributed by atoms with E-state index in [0.717, 1.165) is 12.0 Å². The predicted molar refractivity (Wildman–Crippen MR) is 105 cm³/mol. The minimum atomic E-state index is -4.96. The summed E-state index contributed by atoms with van der Waals surface area (Å²) in [7, 11) is 0. The summed E-state index contributed by atoms with van der Waals surface area (Å²) in [6.45, 7) is 0.670. The third kappa shape index (κ3) is 5.86. The van der Waals surface area contributed by atoms with Crippen LogP contribution in [0.2, 0.25) is 10.0 Å². The Bertz CT molecular complexity index is 941. The normalized spacial score (nSPS) is 17.7. The molecule has 0 saturated carbocycles. The summed E-state index contributed by atoms with van der Waals surface area (Å²) in [5.74, 6) is -0.586. The van der Waals surface area contributed by atoms with Crippen LogP contribution in [0, 0.1) is 0 Å². The lowest BCUT2D eigenvalue weighted by atomic mass is 9.90. The van der Waals surface area contributed by atoms with Crippen LogP contribution in [0.15, 0.2) is 36.4 Å². The number of alkyl halides is 6. The molecule has 2 aromatic rings. The van der Waals surface area contributed by atoms with Gasteiger partial charge in [-0.1, -0.05) is 29.3 Å². The Morgan fingerprint density at radius 1 is 0.935 bits per heavy atom. The molecule has 168 valence electrons. The fourth-order valence-electron chi connectivity index (χ4n) is 3.65. The first-order chi connectivity index (χ1) is 14.3. The average Bonchev–Trinajstić information content (AvgIpc) is 2.68. The van der Waals surface area contributed by atoms with Crippen LogP contribution in [-0.2, 0) is 23.6 Å². The molecular formula is C21H17Cl2F6NO. The Balaban J connectivity index is 1.79. The second-order valence-electron chi connectivity index (χ2n) is 7.44. The average molecular weight is 484 g/mol. The fraction of sp³-hybridized carbons (Fsp3) is 0.381. The molecule has 1 fully saturated rings. The molecule has 1 aliphatic rings. The number of hydrogen-bond acceptors (Lipinski definition) is 1. The van der Waals surface area contributed by atoms with Crippen LogP contribution in [0.5, 0.6) is 0 Å². The molecular weight excluding hydrogens is 467 g/mol. The van der Waals surface area contributed by atoms with Gasteiger partial charge in [-0.05, 0) is 54.3 Å². The third-order valence-corrected chi connectivity index (χ3v) is 5.93. The molecule has 0 aliphatic carbocycles. The molecule has 1 heterocycles. The van der Waals surface area contributed by atoms with Crippen LogP contribution < -0.4 is 0 Å². The molecule has 1 amide bonds. The maximum Gasteiger partial charge on any atom is 0.416 e. The second kappa shape index (κ2) is 8.90. The van der Waals surface area contributed by atoms with Gasteiger partial charge in [0.15, 0.2) is 0 Å². The molecule has 2 aromatic carbocycles. The summed E-state index contributed by atoms with van der Waals surface area (Å²) in [5, 5.41) is 0.755. The van der Waals surface area contributed by atoms with E-state index in [0.29, 0.717) is 41.7 Å². The number of hydrogen-bond donors (Lipinski definition) is 0. The van der Waals surface area contributed by atoms with E-state index in [1.807, 2.05) is 0 Å². The van der Waals surface area contributed by atoms with Crippen molar-refractivity contribution in [2.45, 2.75) is 37.5 Å². The molecule has 1 saturated heterocycles. The van der Waals surface area contributed by atoms with E-state index >= 15 is 0 Å². The van der Waals surface area contributed by atoms with Gasteiger partial charge in [0.1, 0.15) is 0 Å². The maximum absolute atomic E-state index is 13.0. The largest absolute Gasteiger partial charge is 0.416 e. The van der Waals surface area contributed by atoms with Gasteiger partial charge in [0.2, 0.25) is 5.91 Å². The van der Waals surface area contributed by atoms with E-state index in [4.69, 9.17) is 23.2 Å². The van der Waals surface area contributed by atoms with Crippen molar-refractivity contribution in [3.8, 4) is 0 Å². The SMILES string of the molecule is O=C(Cc1cc(C(F)(F)F)cc(C(F)(F)F)c1)N1CCCC(c2ccc(Cl)c(Cl)c2)C1. The van der Waals surface area contributed by atoms with E-state index in [9.17, 15) is 31.1 Å². The molecule has 0 bridgehead atoms. The number of likely N-dealkylation sites (tertiary alicyclic amines) is 1. The van der Waals surface area contributed by atoms with Crippen molar-refractivity contribution in [1.29, 1.82) is 0 Å². The highest BCUT2D eigenvalue weighted by Gasteiger charge is 2.37. The van der Waals surface area contributed by atoms with Crippen LogP contribution in [-0.4, -0.2) is 23.9 Å². The Morgan fingerprint density at radius 3 is 2.10 bits per heavy atom. The Kier molecular flexibility index (Phi) is 6.81. The van der Waals surface area contributed by atoms with Gasteiger partial charge in [-0.25, -0.2) is 0 Å². The van der Waals surface area contributed by atoms with Crippen molar-refractivity contribution < 1.29 is 31.1 Å². The van der Waals surface area contributed by atoms with E-state index in [2.05, 4.69) is 0 Å². The van der Waals surface area contributed by atoms with Gasteiger partial charge < -0.3 is 4.90 Å². The lowest BCUT2D eigenvalue weighted by molar-refractivity contribution is -0.143. The molecule has 2 nitrogen and oxygen atoms in total. The summed E-state index contributed by atoms with van der Waals surface area (Å²) >= 11 is 12.0. The first-order valence-electron chi connectivity index (χ1n) is 9.35. The number of rotatable bonds is 3. The number of carbonyl (C=O) groups excluding carboxylic acids is 1. The topological polar surface area (TPSA) is 20.3 Å². The minimum absolute atomic E-state index is 0.0508. The molecule has 10 heteroatoms.